The first kappa shape index (κ1) is 7.93. The van der Waals surface area contributed by atoms with Crippen LogP contribution in [-0.4, -0.2) is 5.75 Å². The summed E-state index contributed by atoms with van der Waals surface area (Å²) in [5.41, 5.74) is 1.45. The summed E-state index contributed by atoms with van der Waals surface area (Å²) >= 11 is 1.97. The van der Waals surface area contributed by atoms with Gasteiger partial charge in [-0.15, -0.1) is 11.8 Å². The van der Waals surface area contributed by atoms with Gasteiger partial charge in [0.15, 0.2) is 0 Å². The average Bonchev–Trinajstić information content (AvgIpc) is 1.88. The predicted octanol–water partition coefficient (Wildman–Crippen LogP) is 3.22. The van der Waals surface area contributed by atoms with Crippen LogP contribution in [0.15, 0.2) is 22.6 Å². The highest BCUT2D eigenvalue weighted by molar-refractivity contribution is 8.03. The van der Waals surface area contributed by atoms with E-state index in [-0.39, 0.29) is 0 Å². The first-order valence-corrected chi connectivity index (χ1v) is 4.70. The van der Waals surface area contributed by atoms with Gasteiger partial charge in [-0.25, -0.2) is 0 Å². The molecule has 0 unspecified atom stereocenters. The highest BCUT2D eigenvalue weighted by atomic mass is 32.2. The van der Waals surface area contributed by atoms with E-state index in [0.717, 1.165) is 5.75 Å². The van der Waals surface area contributed by atoms with Gasteiger partial charge in [0.1, 0.15) is 0 Å². The molecule has 56 valence electrons. The second kappa shape index (κ2) is 3.29. The molecular weight excluding hydrogens is 140 g/mol. The van der Waals surface area contributed by atoms with Crippen LogP contribution in [0.25, 0.3) is 0 Å². The summed E-state index contributed by atoms with van der Waals surface area (Å²) in [6.45, 7) is 6.70. The van der Waals surface area contributed by atoms with Gasteiger partial charge in [-0.05, 0) is 23.3 Å². The largest absolute Gasteiger partial charge is 0.126 e. The quantitative estimate of drug-likeness (QED) is 0.559. The number of thioether (sulfide) groups is 1. The fourth-order valence-electron chi connectivity index (χ4n) is 1.18. The highest BCUT2D eigenvalue weighted by Crippen LogP contribution is 2.30. The van der Waals surface area contributed by atoms with E-state index in [1.807, 2.05) is 11.8 Å². The molecule has 1 heterocycles. The van der Waals surface area contributed by atoms with Gasteiger partial charge >= 0.3 is 0 Å². The Morgan fingerprint density at radius 1 is 1.50 bits per heavy atom. The van der Waals surface area contributed by atoms with Crippen molar-refractivity contribution < 1.29 is 0 Å². The molecular formula is C9H14S. The summed E-state index contributed by atoms with van der Waals surface area (Å²) in [6.07, 6.45) is 4.46. The third kappa shape index (κ3) is 1.66. The zero-order chi connectivity index (χ0) is 7.56. The number of rotatable bonds is 1. The van der Waals surface area contributed by atoms with Crippen LogP contribution in [0.5, 0.6) is 0 Å². The summed E-state index contributed by atoms with van der Waals surface area (Å²) in [5.74, 6) is 1.86. The van der Waals surface area contributed by atoms with Gasteiger partial charge < -0.3 is 0 Å². The first-order valence-electron chi connectivity index (χ1n) is 3.72. The fraction of sp³-hybridized carbons (Fsp3) is 0.556. The lowest BCUT2D eigenvalue weighted by Crippen LogP contribution is -1.96. The number of hydrogen-bond acceptors (Lipinski definition) is 1. The van der Waals surface area contributed by atoms with Crippen LogP contribution in [0.2, 0.25) is 0 Å². The van der Waals surface area contributed by atoms with Crippen molar-refractivity contribution in [1.29, 1.82) is 0 Å². The predicted molar refractivity (Wildman–Crippen MR) is 49.1 cm³/mol. The Hall–Kier alpha value is -0.170. The Morgan fingerprint density at radius 2 is 2.20 bits per heavy atom. The minimum Gasteiger partial charge on any atom is -0.126 e. The van der Waals surface area contributed by atoms with Crippen molar-refractivity contribution in [1.82, 2.24) is 0 Å². The second-order valence-corrected chi connectivity index (χ2v) is 3.98. The molecule has 0 N–H and O–H groups in total. The molecule has 1 aliphatic rings. The van der Waals surface area contributed by atoms with Crippen LogP contribution in [-0.2, 0) is 0 Å². The Bertz CT molecular complexity index is 175. The maximum atomic E-state index is 2.25. The molecule has 1 heteroatoms. The molecule has 10 heavy (non-hydrogen) atoms. The van der Waals surface area contributed by atoms with Gasteiger partial charge in [0, 0.05) is 5.75 Å². The van der Waals surface area contributed by atoms with E-state index in [1.165, 1.54) is 5.57 Å². The molecule has 0 amide bonds. The maximum Gasteiger partial charge on any atom is 0.0161 e. The second-order valence-electron chi connectivity index (χ2n) is 2.92. The van der Waals surface area contributed by atoms with Crippen LogP contribution in [0, 0.1) is 5.92 Å². The van der Waals surface area contributed by atoms with Crippen molar-refractivity contribution in [3.8, 4) is 0 Å². The van der Waals surface area contributed by atoms with Gasteiger partial charge in [0.2, 0.25) is 0 Å². The molecule has 1 aliphatic heterocycles. The summed E-state index contributed by atoms with van der Waals surface area (Å²) in [5, 5.41) is 0. The molecule has 0 atom stereocenters. The highest BCUT2D eigenvalue weighted by Gasteiger charge is 2.08. The van der Waals surface area contributed by atoms with Crippen molar-refractivity contribution in [2.24, 2.45) is 5.92 Å². The number of hydrogen-bond donors (Lipinski definition) is 0. The van der Waals surface area contributed by atoms with Crippen LogP contribution in [0.3, 0.4) is 0 Å². The maximum absolute atomic E-state index is 2.25. The van der Waals surface area contributed by atoms with Gasteiger partial charge in [0.25, 0.3) is 0 Å². The van der Waals surface area contributed by atoms with E-state index in [4.69, 9.17) is 0 Å². The van der Waals surface area contributed by atoms with E-state index in [0.29, 0.717) is 5.92 Å². The standard InChI is InChI=1S/C9H14S/c1-7(2)9-8(3)5-4-6-10-9/h4-5,7H,6H2,1-3H3. The minimum atomic E-state index is 0.704. The molecule has 0 saturated heterocycles. The van der Waals surface area contributed by atoms with Gasteiger partial charge in [-0.1, -0.05) is 26.0 Å². The smallest absolute Gasteiger partial charge is 0.0161 e. The normalized spacial score (nSPS) is 18.8. The van der Waals surface area contributed by atoms with Crippen molar-refractivity contribution in [3.63, 3.8) is 0 Å². The van der Waals surface area contributed by atoms with Crippen molar-refractivity contribution in [3.05, 3.63) is 22.6 Å². The number of allylic oxidation sites excluding steroid dienone is 3. The zero-order valence-corrected chi connectivity index (χ0v) is 7.66. The van der Waals surface area contributed by atoms with Gasteiger partial charge in [0.05, 0.1) is 0 Å². The van der Waals surface area contributed by atoms with Crippen LogP contribution >= 0.6 is 11.8 Å². The lowest BCUT2D eigenvalue weighted by atomic mass is 10.1. The Kier molecular flexibility index (Phi) is 2.61. The molecule has 0 saturated carbocycles. The van der Waals surface area contributed by atoms with Crippen molar-refractivity contribution in [2.75, 3.05) is 5.75 Å². The van der Waals surface area contributed by atoms with E-state index in [1.54, 1.807) is 4.91 Å². The first-order chi connectivity index (χ1) is 4.72. The monoisotopic (exact) mass is 154 g/mol. The molecule has 0 bridgehead atoms. The Labute approximate surface area is 67.4 Å². The SMILES string of the molecule is CC1=C(C(C)C)SCC=C1. The van der Waals surface area contributed by atoms with E-state index < -0.39 is 0 Å². The zero-order valence-electron chi connectivity index (χ0n) is 6.85. The summed E-state index contributed by atoms with van der Waals surface area (Å²) in [4.78, 5) is 1.56. The molecule has 0 fully saturated rings. The van der Waals surface area contributed by atoms with Crippen LogP contribution < -0.4 is 0 Å². The van der Waals surface area contributed by atoms with Gasteiger partial charge in [-0.2, -0.15) is 0 Å². The molecule has 0 aromatic heterocycles. The van der Waals surface area contributed by atoms with Crippen molar-refractivity contribution in [2.45, 2.75) is 20.8 Å². The molecule has 1 rings (SSSR count). The van der Waals surface area contributed by atoms with Gasteiger partial charge in [-0.3, -0.25) is 0 Å². The summed E-state index contributed by atoms with van der Waals surface area (Å²) < 4.78 is 0. The third-order valence-electron chi connectivity index (χ3n) is 1.62. The fourth-order valence-corrected chi connectivity index (χ4v) is 2.18. The molecule has 0 radical (unpaired) electrons. The van der Waals surface area contributed by atoms with Crippen LogP contribution in [0.4, 0.5) is 0 Å². The molecule has 0 nitrogen and oxygen atoms in total. The molecule has 0 aromatic carbocycles. The van der Waals surface area contributed by atoms with Crippen molar-refractivity contribution >= 4 is 11.8 Å². The summed E-state index contributed by atoms with van der Waals surface area (Å²) in [6, 6.07) is 0. The third-order valence-corrected chi connectivity index (χ3v) is 3.08. The molecule has 0 aromatic rings. The van der Waals surface area contributed by atoms with Crippen LogP contribution in [0.1, 0.15) is 20.8 Å². The Morgan fingerprint density at radius 3 is 2.60 bits per heavy atom. The summed E-state index contributed by atoms with van der Waals surface area (Å²) in [7, 11) is 0. The topological polar surface area (TPSA) is 0 Å². The lowest BCUT2D eigenvalue weighted by Gasteiger charge is -2.15. The lowest BCUT2D eigenvalue weighted by molar-refractivity contribution is 0.808. The Balaban J connectivity index is 2.79. The van der Waals surface area contributed by atoms with E-state index in [2.05, 4.69) is 32.9 Å². The molecule has 0 spiro atoms. The van der Waals surface area contributed by atoms with E-state index >= 15 is 0 Å². The molecule has 0 aliphatic carbocycles. The minimum absolute atomic E-state index is 0.704. The average molecular weight is 154 g/mol. The van der Waals surface area contributed by atoms with E-state index in [9.17, 15) is 0 Å².